The van der Waals surface area contributed by atoms with E-state index in [-0.39, 0.29) is 0 Å². The minimum Gasteiger partial charge on any atom is -0.375 e. The first-order valence-electron chi connectivity index (χ1n) is 7.68. The average molecular weight is 508 g/mol. The Balaban J connectivity index is 3.65. The van der Waals surface area contributed by atoms with Gasteiger partial charge in [0, 0.05) is 0 Å². The van der Waals surface area contributed by atoms with Crippen LogP contribution in [0.25, 0.3) is 0 Å². The quantitative estimate of drug-likeness (QED) is 0.218. The molecule has 1 aliphatic heterocycles. The zero-order valence-electron chi connectivity index (χ0n) is 15.4. The highest BCUT2D eigenvalue weighted by atomic mass is 35.5. The Kier molecular flexibility index (Phi) is 6.38. The molecule has 0 spiro atoms. The smallest absolute Gasteiger partial charge is 0.375 e. The van der Waals surface area contributed by atoms with Gasteiger partial charge in [0.2, 0.25) is 0 Å². The van der Waals surface area contributed by atoms with Crippen LogP contribution in [0, 0.1) is 0 Å². The van der Waals surface area contributed by atoms with Crippen molar-refractivity contribution in [1.29, 1.82) is 0 Å². The SMILES string of the molecule is CC1=NOC(O[Si](C)(C)C)(C(F)(F)C(F)(F)C(F)(F)C(F)(F)C(F)(F)C(F)(F)Cl)C1. The van der Waals surface area contributed by atoms with Gasteiger partial charge in [0.1, 0.15) is 0 Å². The molecule has 0 aromatic carbocycles. The molecule has 1 rings (SSSR count). The van der Waals surface area contributed by atoms with E-state index >= 15 is 0 Å². The van der Waals surface area contributed by atoms with Crippen molar-refractivity contribution in [2.45, 2.75) is 73.8 Å². The van der Waals surface area contributed by atoms with Gasteiger partial charge >= 0.3 is 40.8 Å². The third kappa shape index (κ3) is 3.76. The summed E-state index contributed by atoms with van der Waals surface area (Å²) in [5.74, 6) is -40.8. The Morgan fingerprint density at radius 3 is 1.53 bits per heavy atom. The Morgan fingerprint density at radius 2 is 1.23 bits per heavy atom. The Bertz CT molecular complexity index is 703. The summed E-state index contributed by atoms with van der Waals surface area (Å²) >= 11 is 3.65. The maximum absolute atomic E-state index is 14.6. The molecule has 17 heteroatoms. The highest BCUT2D eigenvalue weighted by molar-refractivity contribution is 6.69. The molecule has 1 unspecified atom stereocenters. The second-order valence-corrected chi connectivity index (χ2v) is 12.3. The molecule has 0 saturated heterocycles. The Labute approximate surface area is 167 Å². The molecule has 1 aliphatic rings. The molecule has 0 N–H and O–H groups in total. The van der Waals surface area contributed by atoms with Gasteiger partial charge < -0.3 is 9.26 Å². The monoisotopic (exact) mass is 507 g/mol. The van der Waals surface area contributed by atoms with Gasteiger partial charge in [-0.1, -0.05) is 5.16 Å². The van der Waals surface area contributed by atoms with E-state index in [1.54, 1.807) is 0 Å². The summed E-state index contributed by atoms with van der Waals surface area (Å²) in [6.07, 6.45) is -1.44. The fourth-order valence-corrected chi connectivity index (χ4v) is 3.69. The first kappa shape index (κ1) is 27.1. The van der Waals surface area contributed by atoms with Crippen LogP contribution >= 0.6 is 11.6 Å². The number of oxime groups is 1. The lowest BCUT2D eigenvalue weighted by Crippen LogP contribution is -2.74. The topological polar surface area (TPSA) is 30.8 Å². The van der Waals surface area contributed by atoms with Gasteiger partial charge in [-0.15, -0.1) is 0 Å². The van der Waals surface area contributed by atoms with Crippen LogP contribution in [-0.2, 0) is 9.26 Å². The lowest BCUT2D eigenvalue weighted by atomic mass is 9.88. The summed E-state index contributed by atoms with van der Waals surface area (Å²) in [6, 6.07) is 0. The number of hydrogen-bond acceptors (Lipinski definition) is 3. The third-order valence-corrected chi connectivity index (χ3v) is 4.90. The van der Waals surface area contributed by atoms with E-state index in [9.17, 15) is 52.7 Å². The van der Waals surface area contributed by atoms with E-state index in [1.165, 1.54) is 0 Å². The predicted molar refractivity (Wildman–Crippen MR) is 81.5 cm³/mol. The lowest BCUT2D eigenvalue weighted by Gasteiger charge is -2.45. The molecule has 0 amide bonds. The van der Waals surface area contributed by atoms with Crippen LogP contribution in [0.5, 0.6) is 0 Å². The lowest BCUT2D eigenvalue weighted by molar-refractivity contribution is -0.448. The van der Waals surface area contributed by atoms with Gasteiger partial charge in [-0.2, -0.15) is 52.7 Å². The second-order valence-electron chi connectivity index (χ2n) is 7.43. The van der Waals surface area contributed by atoms with Crippen molar-refractivity contribution in [2.24, 2.45) is 5.16 Å². The van der Waals surface area contributed by atoms with Gasteiger partial charge in [0.15, 0.2) is 8.32 Å². The summed E-state index contributed by atoms with van der Waals surface area (Å²) in [5.41, 5.74) is -0.517. The molecule has 0 radical (unpaired) electrons. The van der Waals surface area contributed by atoms with E-state index in [0.717, 1.165) is 26.6 Å². The molecule has 0 aromatic heterocycles. The molecule has 3 nitrogen and oxygen atoms in total. The van der Waals surface area contributed by atoms with Crippen LogP contribution in [0.2, 0.25) is 19.6 Å². The Hall–Kier alpha value is -0.903. The van der Waals surface area contributed by atoms with Crippen LogP contribution in [0.3, 0.4) is 0 Å². The standard InChI is InChI=1S/C13H14ClF12NO2Si/c1-6-5-7(28-27-6,29-30(2,3)4)8(15,16)9(17,18)10(19,20)11(21,22)12(23,24)13(14,25)26/h5H2,1-4H3. The summed E-state index contributed by atoms with van der Waals surface area (Å²) < 4.78 is 169. The van der Waals surface area contributed by atoms with Crippen molar-refractivity contribution in [2.75, 3.05) is 0 Å². The van der Waals surface area contributed by atoms with Crippen molar-refractivity contribution in [3.05, 3.63) is 0 Å². The second kappa shape index (κ2) is 7.05. The molecule has 0 fully saturated rings. The molecule has 0 saturated carbocycles. The van der Waals surface area contributed by atoms with Crippen molar-refractivity contribution < 1.29 is 61.9 Å². The molecule has 30 heavy (non-hydrogen) atoms. The number of halogens is 13. The highest BCUT2D eigenvalue weighted by Gasteiger charge is 2.93. The van der Waals surface area contributed by atoms with Crippen molar-refractivity contribution in [3.63, 3.8) is 0 Å². The van der Waals surface area contributed by atoms with Crippen LogP contribution in [-0.4, -0.2) is 54.8 Å². The number of rotatable bonds is 8. The van der Waals surface area contributed by atoms with Crippen molar-refractivity contribution in [3.8, 4) is 0 Å². The number of alkyl halides is 13. The van der Waals surface area contributed by atoms with Crippen molar-refractivity contribution in [1.82, 2.24) is 0 Å². The maximum Gasteiger partial charge on any atom is 0.393 e. The summed E-state index contributed by atoms with van der Waals surface area (Å²) in [7, 11) is -3.42. The average Bonchev–Trinajstić information content (AvgIpc) is 2.85. The fraction of sp³-hybridized carbons (Fsp3) is 0.923. The summed E-state index contributed by atoms with van der Waals surface area (Å²) in [5, 5.41) is -3.63. The van der Waals surface area contributed by atoms with Crippen LogP contribution < -0.4 is 0 Å². The predicted octanol–water partition coefficient (Wildman–Crippen LogP) is 6.34. The zero-order chi connectivity index (χ0) is 24.4. The largest absolute Gasteiger partial charge is 0.393 e. The molecule has 0 aliphatic carbocycles. The van der Waals surface area contributed by atoms with Gasteiger partial charge in [-0.05, 0) is 38.2 Å². The number of hydrogen-bond donors (Lipinski definition) is 0. The van der Waals surface area contributed by atoms with E-state index in [4.69, 9.17) is 4.43 Å². The van der Waals surface area contributed by atoms with Gasteiger partial charge in [-0.3, -0.25) is 0 Å². The first-order chi connectivity index (χ1) is 12.8. The van der Waals surface area contributed by atoms with E-state index < -0.39 is 61.2 Å². The van der Waals surface area contributed by atoms with E-state index in [1.807, 2.05) is 0 Å². The first-order valence-corrected chi connectivity index (χ1v) is 11.5. The van der Waals surface area contributed by atoms with E-state index in [0.29, 0.717) is 0 Å². The Morgan fingerprint density at radius 1 is 0.833 bits per heavy atom. The van der Waals surface area contributed by atoms with Crippen LogP contribution in [0.15, 0.2) is 5.16 Å². The summed E-state index contributed by atoms with van der Waals surface area (Å²) in [6.45, 7) is 4.18. The van der Waals surface area contributed by atoms with Gasteiger partial charge in [-0.25, -0.2) is 0 Å². The van der Waals surface area contributed by atoms with Crippen molar-refractivity contribution >= 4 is 25.6 Å². The van der Waals surface area contributed by atoms with E-state index in [2.05, 4.69) is 21.6 Å². The minimum atomic E-state index is -7.76. The third-order valence-electron chi connectivity index (χ3n) is 3.72. The maximum atomic E-state index is 14.6. The summed E-state index contributed by atoms with van der Waals surface area (Å²) in [4.78, 5) is 4.07. The molecule has 178 valence electrons. The molecular weight excluding hydrogens is 494 g/mol. The van der Waals surface area contributed by atoms with Crippen LogP contribution in [0.1, 0.15) is 13.3 Å². The molecule has 0 aromatic rings. The fourth-order valence-electron chi connectivity index (χ4n) is 2.34. The van der Waals surface area contributed by atoms with Gasteiger partial charge in [0.05, 0.1) is 12.1 Å². The van der Waals surface area contributed by atoms with Crippen LogP contribution in [0.4, 0.5) is 52.7 Å². The molecule has 0 bridgehead atoms. The molecular formula is C13H14ClF12NO2Si. The zero-order valence-corrected chi connectivity index (χ0v) is 17.1. The van der Waals surface area contributed by atoms with Gasteiger partial charge in [0.25, 0.3) is 0 Å². The number of nitrogens with zero attached hydrogens (tertiary/aromatic N) is 1. The molecule has 1 heterocycles. The highest BCUT2D eigenvalue weighted by Crippen LogP contribution is 2.63. The normalized spacial score (nSPS) is 22.8. The molecule has 1 atom stereocenters. The minimum absolute atomic E-state index is 0.517.